The van der Waals surface area contributed by atoms with Crippen LogP contribution in [0.4, 0.5) is 0 Å². The molecule has 1 aromatic rings. The number of ether oxygens (including phenoxy) is 1. The maximum atomic E-state index is 11.9. The average molecular weight is 219 g/mol. The first-order valence-corrected chi connectivity index (χ1v) is 5.81. The molecule has 1 aliphatic heterocycles. The molecule has 1 unspecified atom stereocenters. The molecule has 0 bridgehead atoms. The molecule has 16 heavy (non-hydrogen) atoms. The molecule has 0 saturated carbocycles. The molecule has 86 valence electrons. The van der Waals surface area contributed by atoms with Crippen LogP contribution in [0.3, 0.4) is 0 Å². The Kier molecular flexibility index (Phi) is 3.67. The van der Waals surface area contributed by atoms with Crippen molar-refractivity contribution in [1.82, 2.24) is 4.98 Å². The summed E-state index contributed by atoms with van der Waals surface area (Å²) >= 11 is 0. The summed E-state index contributed by atoms with van der Waals surface area (Å²) in [5.41, 5.74) is 1.95. The number of aromatic nitrogens is 1. The van der Waals surface area contributed by atoms with E-state index in [1.54, 1.807) is 6.20 Å². The number of hydrogen-bond donors (Lipinski definition) is 0. The van der Waals surface area contributed by atoms with Gasteiger partial charge in [0.1, 0.15) is 6.10 Å². The molecule has 3 nitrogen and oxygen atoms in total. The second-order valence-electron chi connectivity index (χ2n) is 4.33. The van der Waals surface area contributed by atoms with Crippen LogP contribution in [0.5, 0.6) is 0 Å². The monoisotopic (exact) mass is 219 g/mol. The number of nitrogens with zero attached hydrogens (tertiary/aromatic N) is 1. The molecular formula is C13H17NO2. The van der Waals surface area contributed by atoms with Crippen molar-refractivity contribution < 1.29 is 9.53 Å². The second-order valence-corrected chi connectivity index (χ2v) is 4.33. The highest BCUT2D eigenvalue weighted by atomic mass is 16.5. The van der Waals surface area contributed by atoms with Crippen molar-refractivity contribution in [2.24, 2.45) is 0 Å². The maximum absolute atomic E-state index is 11.9. The first kappa shape index (κ1) is 11.3. The summed E-state index contributed by atoms with van der Waals surface area (Å²) in [6.45, 7) is 2.71. The van der Waals surface area contributed by atoms with Gasteiger partial charge in [0.25, 0.3) is 0 Å². The number of rotatable bonds is 3. The summed E-state index contributed by atoms with van der Waals surface area (Å²) in [7, 11) is 0. The van der Waals surface area contributed by atoms with Gasteiger partial charge in [0.15, 0.2) is 5.78 Å². The zero-order valence-electron chi connectivity index (χ0n) is 9.61. The molecule has 1 aromatic heterocycles. The van der Waals surface area contributed by atoms with Gasteiger partial charge in [-0.05, 0) is 37.8 Å². The summed E-state index contributed by atoms with van der Waals surface area (Å²) in [6, 6.07) is 3.90. The number of Topliss-reactive ketones (excluding diaryl/α,β-unsaturated/α-hetero) is 1. The van der Waals surface area contributed by atoms with Gasteiger partial charge in [-0.25, -0.2) is 0 Å². The van der Waals surface area contributed by atoms with Crippen LogP contribution in [-0.4, -0.2) is 23.5 Å². The average Bonchev–Trinajstić information content (AvgIpc) is 2.33. The number of carbonyl (C=O) groups excluding carboxylic acids is 1. The van der Waals surface area contributed by atoms with Crippen molar-refractivity contribution >= 4 is 5.78 Å². The van der Waals surface area contributed by atoms with Crippen molar-refractivity contribution in [1.29, 1.82) is 0 Å². The summed E-state index contributed by atoms with van der Waals surface area (Å²) in [5, 5.41) is 0. The lowest BCUT2D eigenvalue weighted by Gasteiger charge is -2.21. The smallest absolute Gasteiger partial charge is 0.167 e. The van der Waals surface area contributed by atoms with Crippen molar-refractivity contribution in [3.05, 3.63) is 29.6 Å². The maximum Gasteiger partial charge on any atom is 0.167 e. The van der Waals surface area contributed by atoms with Crippen LogP contribution in [0.25, 0.3) is 0 Å². The van der Waals surface area contributed by atoms with E-state index in [0.717, 1.165) is 37.1 Å². The van der Waals surface area contributed by atoms with Crippen LogP contribution in [0.1, 0.15) is 30.5 Å². The predicted molar refractivity (Wildman–Crippen MR) is 61.3 cm³/mol. The van der Waals surface area contributed by atoms with Gasteiger partial charge in [-0.3, -0.25) is 9.78 Å². The Labute approximate surface area is 95.8 Å². The Hall–Kier alpha value is -1.22. The molecule has 0 amide bonds. The third kappa shape index (κ3) is 2.89. The van der Waals surface area contributed by atoms with E-state index in [1.165, 1.54) is 0 Å². The number of ketones is 1. The molecule has 0 spiro atoms. The fourth-order valence-electron chi connectivity index (χ4n) is 1.89. The zero-order chi connectivity index (χ0) is 11.4. The number of aryl methyl sites for hydroxylation is 1. The van der Waals surface area contributed by atoms with Crippen LogP contribution < -0.4 is 0 Å². The molecule has 2 rings (SSSR count). The lowest BCUT2D eigenvalue weighted by molar-refractivity contribution is -0.132. The molecule has 1 atom stereocenters. The fourth-order valence-corrected chi connectivity index (χ4v) is 1.89. The summed E-state index contributed by atoms with van der Waals surface area (Å²) in [4.78, 5) is 16.1. The van der Waals surface area contributed by atoms with Gasteiger partial charge >= 0.3 is 0 Å². The molecule has 0 radical (unpaired) electrons. The topological polar surface area (TPSA) is 39.2 Å². The number of carbonyl (C=O) groups is 1. The second kappa shape index (κ2) is 5.21. The van der Waals surface area contributed by atoms with Gasteiger partial charge in [0.2, 0.25) is 0 Å². The minimum atomic E-state index is -0.197. The fraction of sp³-hybridized carbons (Fsp3) is 0.538. The molecule has 1 aliphatic rings. The van der Waals surface area contributed by atoms with E-state index in [-0.39, 0.29) is 11.9 Å². The predicted octanol–water partition coefficient (Wildman–Crippen LogP) is 2.07. The molecule has 1 saturated heterocycles. The Morgan fingerprint density at radius 3 is 3.00 bits per heavy atom. The third-order valence-corrected chi connectivity index (χ3v) is 2.87. The Bertz CT molecular complexity index is 353. The minimum absolute atomic E-state index is 0.163. The SMILES string of the molecule is Cc1ccc(CC(=O)C2CCCCO2)nc1. The molecule has 0 aliphatic carbocycles. The minimum Gasteiger partial charge on any atom is -0.370 e. The standard InChI is InChI=1S/C13H17NO2/c1-10-5-6-11(14-9-10)8-12(15)13-4-2-3-7-16-13/h5-6,9,13H,2-4,7-8H2,1H3. The Morgan fingerprint density at radius 2 is 2.38 bits per heavy atom. The van der Waals surface area contributed by atoms with Gasteiger partial charge in [-0.1, -0.05) is 6.07 Å². The molecule has 0 N–H and O–H groups in total. The van der Waals surface area contributed by atoms with Crippen molar-refractivity contribution in [3.63, 3.8) is 0 Å². The molecule has 1 fully saturated rings. The summed E-state index contributed by atoms with van der Waals surface area (Å²) in [5.74, 6) is 0.163. The van der Waals surface area contributed by atoms with E-state index in [0.29, 0.717) is 6.42 Å². The van der Waals surface area contributed by atoms with Gasteiger partial charge < -0.3 is 4.74 Å². The van der Waals surface area contributed by atoms with E-state index in [9.17, 15) is 4.79 Å². The van der Waals surface area contributed by atoms with Crippen LogP contribution >= 0.6 is 0 Å². The van der Waals surface area contributed by atoms with Crippen LogP contribution in [0.15, 0.2) is 18.3 Å². The van der Waals surface area contributed by atoms with E-state index < -0.39 is 0 Å². The van der Waals surface area contributed by atoms with E-state index >= 15 is 0 Å². The Morgan fingerprint density at radius 1 is 1.50 bits per heavy atom. The van der Waals surface area contributed by atoms with Crippen molar-refractivity contribution in [2.75, 3.05) is 6.61 Å². The molecule has 3 heteroatoms. The van der Waals surface area contributed by atoms with Gasteiger partial charge in [-0.15, -0.1) is 0 Å². The van der Waals surface area contributed by atoms with Gasteiger partial charge in [0.05, 0.1) is 6.42 Å². The quantitative estimate of drug-likeness (QED) is 0.781. The summed E-state index contributed by atoms with van der Waals surface area (Å²) < 4.78 is 5.46. The van der Waals surface area contributed by atoms with E-state index in [2.05, 4.69) is 4.98 Å². The highest BCUT2D eigenvalue weighted by Gasteiger charge is 2.21. The summed E-state index contributed by atoms with van der Waals surface area (Å²) in [6.07, 6.45) is 5.03. The molecule has 2 heterocycles. The van der Waals surface area contributed by atoms with E-state index in [1.807, 2.05) is 19.1 Å². The largest absolute Gasteiger partial charge is 0.370 e. The van der Waals surface area contributed by atoms with Crippen molar-refractivity contribution in [2.45, 2.75) is 38.7 Å². The van der Waals surface area contributed by atoms with Gasteiger partial charge in [-0.2, -0.15) is 0 Å². The normalized spacial score (nSPS) is 20.7. The lowest BCUT2D eigenvalue weighted by atomic mass is 10.0. The highest BCUT2D eigenvalue weighted by molar-refractivity contribution is 5.84. The first-order valence-electron chi connectivity index (χ1n) is 5.81. The lowest BCUT2D eigenvalue weighted by Crippen LogP contribution is -2.29. The van der Waals surface area contributed by atoms with Crippen LogP contribution in [0, 0.1) is 6.92 Å². The van der Waals surface area contributed by atoms with Gasteiger partial charge in [0, 0.05) is 18.5 Å². The van der Waals surface area contributed by atoms with Crippen LogP contribution in [-0.2, 0) is 16.0 Å². The Balaban J connectivity index is 1.93. The molecular weight excluding hydrogens is 202 g/mol. The zero-order valence-corrected chi connectivity index (χ0v) is 9.61. The number of hydrogen-bond acceptors (Lipinski definition) is 3. The molecule has 0 aromatic carbocycles. The van der Waals surface area contributed by atoms with Crippen molar-refractivity contribution in [3.8, 4) is 0 Å². The van der Waals surface area contributed by atoms with E-state index in [4.69, 9.17) is 4.74 Å². The highest BCUT2D eigenvalue weighted by Crippen LogP contribution is 2.15. The third-order valence-electron chi connectivity index (χ3n) is 2.87. The number of pyridine rings is 1. The first-order chi connectivity index (χ1) is 7.75. The van der Waals surface area contributed by atoms with Crippen LogP contribution in [0.2, 0.25) is 0 Å².